The zero-order valence-corrected chi connectivity index (χ0v) is 45.3. The Hall–Kier alpha value is -10.4. The Morgan fingerprint density at radius 1 is 0.341 bits per heavy atom. The van der Waals surface area contributed by atoms with Gasteiger partial charge in [-0.2, -0.15) is 0 Å². The zero-order valence-electron chi connectivity index (χ0n) is 45.3. The van der Waals surface area contributed by atoms with E-state index in [9.17, 15) is 0 Å². The van der Waals surface area contributed by atoms with Crippen LogP contribution in [0.4, 0.5) is 28.4 Å². The lowest BCUT2D eigenvalue weighted by Gasteiger charge is -2.34. The van der Waals surface area contributed by atoms with Crippen molar-refractivity contribution in [3.63, 3.8) is 0 Å². The molecule has 16 rings (SSSR count). The first kappa shape index (κ1) is 47.6. The number of rotatable bonds is 10. The third-order valence-corrected chi connectivity index (χ3v) is 17.1. The summed E-state index contributed by atoms with van der Waals surface area (Å²) in [5.74, 6) is 0. The molecule has 12 aromatic carbocycles. The van der Waals surface area contributed by atoms with Crippen molar-refractivity contribution in [2.45, 2.75) is 25.3 Å². The van der Waals surface area contributed by atoms with Crippen molar-refractivity contribution in [3.05, 3.63) is 296 Å². The standard InChI is InChI=1S/C78H56N4/c1-6-24-57(25-7-1)79(58-26-8-2-9-27-58)63-42-44-67-71(51-63)77(55-39-46-75-69(49-55)65-34-18-20-36-73(65)81(75)60-30-12-4-13-31-60)68-45-43-64(80(59-28-10-3-11-29-59)62-41-38-53-22-16-17-23-54(53)48-62)52-72(68)78(67)56-40-47-76-70(50-56)66-35-19-21-37-74(66)82(76)61-32-14-5-15-33-61/h1-4,6-14,16-42,44-52,64H,5,15,43H2. The summed E-state index contributed by atoms with van der Waals surface area (Å²) in [6.07, 6.45) is 15.1. The van der Waals surface area contributed by atoms with Gasteiger partial charge in [-0.05, 0) is 189 Å². The quantitative estimate of drug-likeness (QED) is 0.136. The lowest BCUT2D eigenvalue weighted by Crippen LogP contribution is -2.40. The Kier molecular flexibility index (Phi) is 11.4. The molecule has 2 heterocycles. The van der Waals surface area contributed by atoms with Gasteiger partial charge in [0, 0.05) is 61.4 Å². The van der Waals surface area contributed by atoms with Crippen LogP contribution < -0.4 is 20.2 Å². The molecule has 0 amide bonds. The van der Waals surface area contributed by atoms with Gasteiger partial charge >= 0.3 is 0 Å². The van der Waals surface area contributed by atoms with E-state index < -0.39 is 0 Å². The van der Waals surface area contributed by atoms with Crippen LogP contribution in [-0.4, -0.2) is 15.2 Å². The van der Waals surface area contributed by atoms with Gasteiger partial charge in [-0.1, -0.05) is 182 Å². The Labute approximate surface area is 476 Å². The van der Waals surface area contributed by atoms with E-state index in [-0.39, 0.29) is 6.04 Å². The maximum absolute atomic E-state index is 2.61. The number of allylic oxidation sites excluding steroid dienone is 4. The molecule has 4 nitrogen and oxygen atoms in total. The number of hydrogen-bond acceptors (Lipinski definition) is 2. The normalized spacial score (nSPS) is 14.0. The molecule has 14 aromatic rings. The summed E-state index contributed by atoms with van der Waals surface area (Å²) < 4.78 is 4.89. The molecule has 0 aliphatic heterocycles. The van der Waals surface area contributed by atoms with Crippen LogP contribution >= 0.6 is 0 Å². The van der Waals surface area contributed by atoms with Crippen LogP contribution in [0.15, 0.2) is 285 Å². The van der Waals surface area contributed by atoms with E-state index in [1.165, 1.54) is 104 Å². The second kappa shape index (κ2) is 19.7. The van der Waals surface area contributed by atoms with E-state index in [4.69, 9.17) is 0 Å². The van der Waals surface area contributed by atoms with Gasteiger partial charge in [0.05, 0.1) is 28.1 Å². The summed E-state index contributed by atoms with van der Waals surface area (Å²) in [7, 11) is 0. The second-order valence-corrected chi connectivity index (χ2v) is 21.8. The van der Waals surface area contributed by atoms with Gasteiger partial charge < -0.3 is 18.9 Å². The number of fused-ring (bicyclic) bond motifs is 9. The van der Waals surface area contributed by atoms with Crippen LogP contribution in [0.3, 0.4) is 0 Å². The lowest BCUT2D eigenvalue weighted by molar-refractivity contribution is 0.838. The molecular formula is C78H56N4. The Morgan fingerprint density at radius 3 is 1.55 bits per heavy atom. The van der Waals surface area contributed by atoms with Gasteiger partial charge in [-0.25, -0.2) is 0 Å². The molecule has 0 saturated carbocycles. The summed E-state index contributed by atoms with van der Waals surface area (Å²) >= 11 is 0. The molecule has 1 unspecified atom stereocenters. The number of anilines is 5. The fourth-order valence-corrected chi connectivity index (χ4v) is 13.5. The second-order valence-electron chi connectivity index (χ2n) is 21.8. The molecule has 2 aliphatic carbocycles. The molecule has 0 N–H and O–H groups in total. The van der Waals surface area contributed by atoms with Crippen molar-refractivity contribution in [2.24, 2.45) is 0 Å². The predicted molar refractivity (Wildman–Crippen MR) is 349 cm³/mol. The minimum absolute atomic E-state index is 0.0203. The highest BCUT2D eigenvalue weighted by Gasteiger charge is 2.27. The molecule has 1 atom stereocenters. The van der Waals surface area contributed by atoms with Crippen molar-refractivity contribution in [3.8, 4) is 27.9 Å². The van der Waals surface area contributed by atoms with Gasteiger partial charge in [0.25, 0.3) is 0 Å². The van der Waals surface area contributed by atoms with Gasteiger partial charge in [-0.3, -0.25) is 0 Å². The summed E-state index contributed by atoms with van der Waals surface area (Å²) in [4.78, 5) is 4.97. The lowest BCUT2D eigenvalue weighted by atomic mass is 9.84. The van der Waals surface area contributed by atoms with Crippen LogP contribution in [0.1, 0.15) is 19.3 Å². The molecule has 4 heteroatoms. The maximum atomic E-state index is 2.61. The fraction of sp³-hybridized carbons (Fsp3) is 0.0513. The van der Waals surface area contributed by atoms with Crippen molar-refractivity contribution in [1.82, 2.24) is 9.13 Å². The van der Waals surface area contributed by atoms with Crippen molar-refractivity contribution in [2.75, 3.05) is 9.80 Å². The van der Waals surface area contributed by atoms with Crippen LogP contribution in [-0.2, 0) is 0 Å². The average Bonchev–Trinajstić information content (AvgIpc) is 3.19. The third-order valence-electron chi connectivity index (χ3n) is 17.1. The van der Waals surface area contributed by atoms with Gasteiger partial charge in [-0.15, -0.1) is 0 Å². The first-order valence-corrected chi connectivity index (χ1v) is 28.7. The molecule has 0 bridgehead atoms. The van der Waals surface area contributed by atoms with E-state index in [1.807, 2.05) is 0 Å². The predicted octanol–water partition coefficient (Wildman–Crippen LogP) is 19.4. The Balaban J connectivity index is 1.02. The van der Waals surface area contributed by atoms with Gasteiger partial charge in [0.15, 0.2) is 0 Å². The van der Waals surface area contributed by atoms with E-state index in [2.05, 4.69) is 316 Å². The summed E-state index contributed by atoms with van der Waals surface area (Å²) in [5, 5.41) is 12.3. The first-order valence-electron chi connectivity index (χ1n) is 28.7. The average molecular weight is 1050 g/mol. The molecular weight excluding hydrogens is 993 g/mol. The van der Waals surface area contributed by atoms with Crippen molar-refractivity contribution < 1.29 is 0 Å². The SMILES string of the molecule is C1=CC(n2c3ccccc3c3cc(-c4c5c(c(-c6ccc7c(c6)c6ccccc6n7-c6ccccc6)c6cc(N(c7ccccc7)c7ccccc7)ccc46)=CCC(N(c4ccccc4)c4ccc6ccccc6c4)C=5)ccc32)=CCC1. The maximum Gasteiger partial charge on any atom is 0.0566 e. The van der Waals surface area contributed by atoms with Crippen molar-refractivity contribution >= 4 is 111 Å². The molecule has 0 spiro atoms. The fourth-order valence-electron chi connectivity index (χ4n) is 13.5. The molecule has 0 radical (unpaired) electrons. The number of para-hydroxylation sites is 6. The molecule has 388 valence electrons. The van der Waals surface area contributed by atoms with Crippen LogP contribution in [0.2, 0.25) is 0 Å². The van der Waals surface area contributed by atoms with E-state index in [0.717, 1.165) is 53.4 Å². The first-order chi connectivity index (χ1) is 40.7. The monoisotopic (exact) mass is 1050 g/mol. The van der Waals surface area contributed by atoms with Crippen LogP contribution in [0, 0.1) is 0 Å². The highest BCUT2D eigenvalue weighted by molar-refractivity contribution is 6.15. The summed E-state index contributed by atoms with van der Waals surface area (Å²) in [5.41, 5.74) is 17.6. The van der Waals surface area contributed by atoms with E-state index >= 15 is 0 Å². The molecule has 2 aromatic heterocycles. The van der Waals surface area contributed by atoms with Crippen LogP contribution in [0.5, 0.6) is 0 Å². The van der Waals surface area contributed by atoms with E-state index in [1.54, 1.807) is 0 Å². The molecule has 82 heavy (non-hydrogen) atoms. The third kappa shape index (κ3) is 7.90. The molecule has 0 fully saturated rings. The number of benzene rings is 12. The minimum Gasteiger partial charge on any atom is -0.334 e. The van der Waals surface area contributed by atoms with Gasteiger partial charge in [0.2, 0.25) is 0 Å². The number of nitrogens with zero attached hydrogens (tertiary/aromatic N) is 4. The zero-order chi connectivity index (χ0) is 54.1. The topological polar surface area (TPSA) is 16.3 Å². The highest BCUT2D eigenvalue weighted by atomic mass is 15.2. The number of aromatic nitrogens is 2. The Morgan fingerprint density at radius 2 is 0.890 bits per heavy atom. The van der Waals surface area contributed by atoms with Gasteiger partial charge in [0.1, 0.15) is 0 Å². The highest BCUT2D eigenvalue weighted by Crippen LogP contribution is 2.44. The Bertz CT molecular complexity index is 4970. The minimum atomic E-state index is -0.0203. The number of hydrogen-bond donors (Lipinski definition) is 0. The summed E-state index contributed by atoms with van der Waals surface area (Å²) in [6, 6.07) is 98.6. The summed E-state index contributed by atoms with van der Waals surface area (Å²) in [6.45, 7) is 0. The smallest absolute Gasteiger partial charge is 0.0566 e. The largest absolute Gasteiger partial charge is 0.334 e. The van der Waals surface area contributed by atoms with E-state index in [0.29, 0.717) is 0 Å². The van der Waals surface area contributed by atoms with Crippen LogP contribution in [0.25, 0.3) is 111 Å². The molecule has 2 aliphatic rings. The molecule has 0 saturated heterocycles. The van der Waals surface area contributed by atoms with Crippen molar-refractivity contribution in [1.29, 1.82) is 0 Å².